The van der Waals surface area contributed by atoms with Gasteiger partial charge in [-0.1, -0.05) is 146 Å². The largest absolute Gasteiger partial charge is 0.485 e. The molecule has 1 aliphatic carbocycles. The molecule has 0 N–H and O–H groups in total. The van der Waals surface area contributed by atoms with Crippen LogP contribution in [0.15, 0.2) is 170 Å². The second-order valence-electron chi connectivity index (χ2n) is 13.3. The Labute approximate surface area is 290 Å². The second-order valence-corrected chi connectivity index (χ2v) is 13.3. The summed E-state index contributed by atoms with van der Waals surface area (Å²) in [6.07, 6.45) is 7.54. The molecule has 2 heterocycles. The smallest absolute Gasteiger partial charge is 0.160 e. The van der Waals surface area contributed by atoms with E-state index in [0.29, 0.717) is 5.82 Å². The van der Waals surface area contributed by atoms with E-state index in [-0.39, 0.29) is 12.0 Å². The van der Waals surface area contributed by atoms with Crippen molar-refractivity contribution in [3.63, 3.8) is 0 Å². The van der Waals surface area contributed by atoms with Crippen molar-refractivity contribution in [2.24, 2.45) is 0 Å². The monoisotopic (exact) mass is 640 g/mol. The SMILES string of the molecule is C1=CC2CC(C(c3ccccc3)=C1)c1cc(-c3nc(-c4ccc(-c5ccc6ccccc6c5)cc4)nc4ccccc34)c3ccccc3c1O2. The Morgan fingerprint density at radius 1 is 0.540 bits per heavy atom. The predicted octanol–water partition coefficient (Wildman–Crippen LogP) is 11.8. The van der Waals surface area contributed by atoms with Gasteiger partial charge in [0.15, 0.2) is 5.82 Å². The minimum absolute atomic E-state index is 0.0169. The van der Waals surface area contributed by atoms with Crippen LogP contribution in [0.25, 0.3) is 71.8 Å². The number of aromatic nitrogens is 2. The number of para-hydroxylation sites is 1. The van der Waals surface area contributed by atoms with Gasteiger partial charge in [-0.25, -0.2) is 9.97 Å². The lowest BCUT2D eigenvalue weighted by atomic mass is 9.79. The molecule has 7 aromatic carbocycles. The van der Waals surface area contributed by atoms with Crippen LogP contribution in [0.1, 0.15) is 23.5 Å². The number of hydrogen-bond donors (Lipinski definition) is 0. The number of hydrogen-bond acceptors (Lipinski definition) is 3. The zero-order chi connectivity index (χ0) is 33.0. The minimum Gasteiger partial charge on any atom is -0.485 e. The standard InChI is InChI=1S/C47H32N2O/c1-2-12-32(13-3-1)37-19-10-15-36-28-41(37)43-29-42(38-16-6-7-17-39(38)46(43)50-36)45-40-18-8-9-20-44(40)48-47(49-45)33-24-21-31(22-25-33)35-26-23-30-11-4-5-14-34(30)27-35/h1-27,29,36,41H,28H2. The maximum atomic E-state index is 6.77. The van der Waals surface area contributed by atoms with Gasteiger partial charge in [-0.2, -0.15) is 0 Å². The van der Waals surface area contributed by atoms with E-state index in [4.69, 9.17) is 14.7 Å². The lowest BCUT2D eigenvalue weighted by molar-refractivity contribution is 0.216. The van der Waals surface area contributed by atoms with E-state index in [1.165, 1.54) is 38.6 Å². The molecule has 2 aliphatic rings. The molecule has 2 bridgehead atoms. The first-order chi connectivity index (χ1) is 24.8. The molecule has 236 valence electrons. The third-order valence-electron chi connectivity index (χ3n) is 10.3. The highest BCUT2D eigenvalue weighted by molar-refractivity contribution is 6.07. The molecule has 0 amide bonds. The van der Waals surface area contributed by atoms with Crippen LogP contribution in [-0.2, 0) is 0 Å². The van der Waals surface area contributed by atoms with Crippen LogP contribution < -0.4 is 4.74 Å². The number of fused-ring (bicyclic) bond motifs is 8. The Kier molecular flexibility index (Phi) is 6.70. The topological polar surface area (TPSA) is 35.0 Å². The molecule has 10 rings (SSSR count). The van der Waals surface area contributed by atoms with Crippen molar-refractivity contribution < 1.29 is 4.74 Å². The van der Waals surface area contributed by atoms with Crippen molar-refractivity contribution in [1.82, 2.24) is 9.97 Å². The normalized spacial score (nSPS) is 16.5. The van der Waals surface area contributed by atoms with E-state index in [1.807, 2.05) is 0 Å². The Hall–Kier alpha value is -6.32. The lowest BCUT2D eigenvalue weighted by Gasteiger charge is -2.33. The summed E-state index contributed by atoms with van der Waals surface area (Å²) in [5.74, 6) is 1.87. The Morgan fingerprint density at radius 2 is 1.24 bits per heavy atom. The van der Waals surface area contributed by atoms with Gasteiger partial charge in [0, 0.05) is 33.4 Å². The predicted molar refractivity (Wildman–Crippen MR) is 206 cm³/mol. The molecule has 2 atom stereocenters. The lowest BCUT2D eigenvalue weighted by Crippen LogP contribution is -2.24. The number of ether oxygens (including phenoxy) is 1. The van der Waals surface area contributed by atoms with Crippen LogP contribution in [0.3, 0.4) is 0 Å². The zero-order valence-electron chi connectivity index (χ0n) is 27.3. The van der Waals surface area contributed by atoms with E-state index in [2.05, 4.69) is 170 Å². The van der Waals surface area contributed by atoms with Gasteiger partial charge >= 0.3 is 0 Å². The third-order valence-corrected chi connectivity index (χ3v) is 10.3. The summed E-state index contributed by atoms with van der Waals surface area (Å²) < 4.78 is 6.77. The van der Waals surface area contributed by atoms with Crippen LogP contribution in [0.2, 0.25) is 0 Å². The highest BCUT2D eigenvalue weighted by atomic mass is 16.5. The van der Waals surface area contributed by atoms with E-state index < -0.39 is 0 Å². The number of benzene rings is 7. The highest BCUT2D eigenvalue weighted by Crippen LogP contribution is 2.51. The van der Waals surface area contributed by atoms with E-state index in [0.717, 1.165) is 50.7 Å². The molecule has 3 nitrogen and oxygen atoms in total. The van der Waals surface area contributed by atoms with E-state index in [9.17, 15) is 0 Å². The fraction of sp³-hybridized carbons (Fsp3) is 0.0638. The molecule has 0 saturated carbocycles. The summed E-state index contributed by atoms with van der Waals surface area (Å²) in [5, 5.41) is 5.75. The third kappa shape index (κ3) is 4.82. The van der Waals surface area contributed by atoms with Gasteiger partial charge in [0.1, 0.15) is 11.9 Å². The summed E-state index contributed by atoms with van der Waals surface area (Å²) in [7, 11) is 0. The molecule has 2 unspecified atom stereocenters. The molecule has 1 aliphatic heterocycles. The average molecular weight is 641 g/mol. The van der Waals surface area contributed by atoms with Crippen molar-refractivity contribution in [2.45, 2.75) is 18.4 Å². The van der Waals surface area contributed by atoms with Crippen molar-refractivity contribution in [2.75, 3.05) is 0 Å². The fourth-order valence-electron chi connectivity index (χ4n) is 7.85. The molecule has 0 fully saturated rings. The van der Waals surface area contributed by atoms with E-state index in [1.54, 1.807) is 0 Å². The molecule has 50 heavy (non-hydrogen) atoms. The Bertz CT molecular complexity index is 2650. The molecule has 3 heteroatoms. The molecular formula is C47H32N2O. The minimum atomic E-state index is 0.0169. The summed E-state index contributed by atoms with van der Waals surface area (Å²) in [6, 6.07) is 53.9. The van der Waals surface area contributed by atoms with Gasteiger partial charge in [0.2, 0.25) is 0 Å². The van der Waals surface area contributed by atoms with Crippen molar-refractivity contribution >= 4 is 38.0 Å². The average Bonchev–Trinajstić information content (AvgIpc) is 3.36. The van der Waals surface area contributed by atoms with Gasteiger partial charge in [-0.15, -0.1) is 0 Å². The van der Waals surface area contributed by atoms with E-state index >= 15 is 0 Å². The second kappa shape index (κ2) is 11.7. The van der Waals surface area contributed by atoms with Crippen molar-refractivity contribution in [3.8, 4) is 39.5 Å². The van der Waals surface area contributed by atoms with Gasteiger partial charge in [-0.05, 0) is 69.1 Å². The van der Waals surface area contributed by atoms with Gasteiger partial charge in [-0.3, -0.25) is 0 Å². The molecule has 0 saturated heterocycles. The van der Waals surface area contributed by atoms with Crippen molar-refractivity contribution in [1.29, 1.82) is 0 Å². The van der Waals surface area contributed by atoms with Crippen LogP contribution >= 0.6 is 0 Å². The first-order valence-corrected chi connectivity index (χ1v) is 17.3. The van der Waals surface area contributed by atoms with Crippen LogP contribution in [-0.4, -0.2) is 16.1 Å². The number of rotatable bonds is 4. The molecule has 8 aromatic rings. The summed E-state index contributed by atoms with van der Waals surface area (Å²) >= 11 is 0. The molecule has 1 aromatic heterocycles. The Balaban J connectivity index is 1.14. The fourth-order valence-corrected chi connectivity index (χ4v) is 7.85. The quantitative estimate of drug-likeness (QED) is 0.192. The first-order valence-electron chi connectivity index (χ1n) is 17.3. The van der Waals surface area contributed by atoms with Crippen LogP contribution in [0, 0.1) is 0 Å². The van der Waals surface area contributed by atoms with Crippen molar-refractivity contribution in [3.05, 3.63) is 181 Å². The number of nitrogens with zero attached hydrogens (tertiary/aromatic N) is 2. The maximum Gasteiger partial charge on any atom is 0.160 e. The summed E-state index contributed by atoms with van der Waals surface area (Å²) in [5.41, 5.74) is 10.1. The highest BCUT2D eigenvalue weighted by Gasteiger charge is 2.34. The zero-order valence-corrected chi connectivity index (χ0v) is 27.3. The van der Waals surface area contributed by atoms with Gasteiger partial charge in [0.25, 0.3) is 0 Å². The van der Waals surface area contributed by atoms with Gasteiger partial charge in [0.05, 0.1) is 11.2 Å². The number of allylic oxidation sites excluding steroid dienone is 3. The van der Waals surface area contributed by atoms with Crippen LogP contribution in [0.4, 0.5) is 0 Å². The molecule has 0 spiro atoms. The first kappa shape index (κ1) is 28.7. The molecular weight excluding hydrogens is 609 g/mol. The van der Waals surface area contributed by atoms with Crippen LogP contribution in [0.5, 0.6) is 5.75 Å². The molecule has 0 radical (unpaired) electrons. The maximum absolute atomic E-state index is 6.77. The van der Waals surface area contributed by atoms with Gasteiger partial charge < -0.3 is 4.74 Å². The summed E-state index contributed by atoms with van der Waals surface area (Å²) in [6.45, 7) is 0. The Morgan fingerprint density at radius 3 is 2.10 bits per heavy atom. The summed E-state index contributed by atoms with van der Waals surface area (Å²) in [4.78, 5) is 10.5.